The van der Waals surface area contributed by atoms with Crippen molar-refractivity contribution in [1.29, 1.82) is 0 Å². The Hall–Kier alpha value is -1.67. The van der Waals surface area contributed by atoms with Gasteiger partial charge in [0, 0.05) is 13.2 Å². The maximum absolute atomic E-state index is 11.6. The van der Waals surface area contributed by atoms with Crippen LogP contribution in [0.2, 0.25) is 0 Å². The summed E-state index contributed by atoms with van der Waals surface area (Å²) in [7, 11) is -2.43. The molecule has 88 valence electrons. The molecule has 4 N–H and O–H groups in total. The van der Waals surface area contributed by atoms with Crippen molar-refractivity contribution < 1.29 is 13.2 Å². The fourth-order valence-electron chi connectivity index (χ4n) is 0.945. The summed E-state index contributed by atoms with van der Waals surface area (Å²) < 4.78 is 25.4. The highest BCUT2D eigenvalue weighted by molar-refractivity contribution is 7.89. The van der Waals surface area contributed by atoms with Crippen molar-refractivity contribution in [3.05, 3.63) is 18.3 Å². The summed E-state index contributed by atoms with van der Waals surface area (Å²) in [4.78, 5) is 14.5. The molecule has 0 aromatic carbocycles. The zero-order valence-electron chi connectivity index (χ0n) is 8.60. The first-order chi connectivity index (χ1) is 7.47. The second kappa shape index (κ2) is 4.90. The molecule has 0 aliphatic carbocycles. The lowest BCUT2D eigenvalue weighted by atomic mass is 10.4. The number of carbonyl (C=O) groups is 1. The molecule has 1 amide bonds. The molecule has 0 aliphatic rings. The SMILES string of the molecule is CNC(=O)CNS(=O)(=O)c1ncccc1N. The lowest BCUT2D eigenvalue weighted by Gasteiger charge is -2.06. The number of hydrogen-bond donors (Lipinski definition) is 3. The minimum Gasteiger partial charge on any atom is -0.396 e. The van der Waals surface area contributed by atoms with Gasteiger partial charge in [0.05, 0.1) is 12.2 Å². The van der Waals surface area contributed by atoms with E-state index in [0.29, 0.717) is 0 Å². The lowest BCUT2D eigenvalue weighted by molar-refractivity contribution is -0.119. The van der Waals surface area contributed by atoms with E-state index in [2.05, 4.69) is 15.0 Å². The van der Waals surface area contributed by atoms with Crippen LogP contribution in [0.1, 0.15) is 0 Å². The monoisotopic (exact) mass is 244 g/mol. The number of aromatic nitrogens is 1. The van der Waals surface area contributed by atoms with E-state index in [0.717, 1.165) is 0 Å². The fourth-order valence-corrected chi connectivity index (χ4v) is 1.98. The van der Waals surface area contributed by atoms with Crippen molar-refractivity contribution in [2.75, 3.05) is 19.3 Å². The Morgan fingerprint density at radius 3 is 2.81 bits per heavy atom. The van der Waals surface area contributed by atoms with E-state index >= 15 is 0 Å². The van der Waals surface area contributed by atoms with Crippen molar-refractivity contribution in [1.82, 2.24) is 15.0 Å². The lowest BCUT2D eigenvalue weighted by Crippen LogP contribution is -2.35. The number of nitrogens with zero attached hydrogens (tertiary/aromatic N) is 1. The Kier molecular flexibility index (Phi) is 3.80. The van der Waals surface area contributed by atoms with Crippen LogP contribution in [-0.4, -0.2) is 32.9 Å². The van der Waals surface area contributed by atoms with Gasteiger partial charge in [-0.2, -0.15) is 0 Å². The van der Waals surface area contributed by atoms with Gasteiger partial charge in [-0.15, -0.1) is 0 Å². The average molecular weight is 244 g/mol. The topological polar surface area (TPSA) is 114 Å². The molecular weight excluding hydrogens is 232 g/mol. The van der Waals surface area contributed by atoms with Crippen LogP contribution >= 0.6 is 0 Å². The molecule has 0 saturated carbocycles. The zero-order valence-corrected chi connectivity index (χ0v) is 9.41. The van der Waals surface area contributed by atoms with E-state index < -0.39 is 15.9 Å². The summed E-state index contributed by atoms with van der Waals surface area (Å²) in [6.45, 7) is -0.352. The van der Waals surface area contributed by atoms with E-state index in [1.165, 1.54) is 25.4 Å². The van der Waals surface area contributed by atoms with Crippen molar-refractivity contribution >= 4 is 21.6 Å². The summed E-state index contributed by atoms with van der Waals surface area (Å²) >= 11 is 0. The van der Waals surface area contributed by atoms with E-state index in [9.17, 15) is 13.2 Å². The molecule has 16 heavy (non-hydrogen) atoms. The fraction of sp³-hybridized carbons (Fsp3) is 0.250. The maximum Gasteiger partial charge on any atom is 0.260 e. The number of anilines is 1. The van der Waals surface area contributed by atoms with Crippen LogP contribution in [0.15, 0.2) is 23.4 Å². The Morgan fingerprint density at radius 2 is 2.25 bits per heavy atom. The first kappa shape index (κ1) is 12.4. The predicted octanol–water partition coefficient (Wildman–Crippen LogP) is -1.31. The predicted molar refractivity (Wildman–Crippen MR) is 57.9 cm³/mol. The highest BCUT2D eigenvalue weighted by Gasteiger charge is 2.19. The quantitative estimate of drug-likeness (QED) is 0.608. The molecule has 1 rings (SSSR count). The number of rotatable bonds is 4. The summed E-state index contributed by atoms with van der Waals surface area (Å²) in [5.74, 6) is -0.446. The van der Waals surface area contributed by atoms with Gasteiger partial charge >= 0.3 is 0 Å². The van der Waals surface area contributed by atoms with Crippen LogP contribution in [0.25, 0.3) is 0 Å². The highest BCUT2D eigenvalue weighted by atomic mass is 32.2. The number of nitrogens with one attached hydrogen (secondary N) is 2. The Morgan fingerprint density at radius 1 is 1.56 bits per heavy atom. The van der Waals surface area contributed by atoms with E-state index in [-0.39, 0.29) is 17.3 Å². The summed E-state index contributed by atoms with van der Waals surface area (Å²) in [5.41, 5.74) is 5.50. The number of likely N-dealkylation sites (N-methyl/N-ethyl adjacent to an activating group) is 1. The van der Waals surface area contributed by atoms with Crippen LogP contribution in [-0.2, 0) is 14.8 Å². The van der Waals surface area contributed by atoms with E-state index in [1.54, 1.807) is 0 Å². The Labute approximate surface area is 93.1 Å². The standard InChI is InChI=1S/C8H12N4O3S/c1-10-7(13)5-12-16(14,15)8-6(9)3-2-4-11-8/h2-4,12H,5,9H2,1H3,(H,10,13). The van der Waals surface area contributed by atoms with Crippen molar-refractivity contribution in [3.8, 4) is 0 Å². The maximum atomic E-state index is 11.6. The summed E-state index contributed by atoms with van der Waals surface area (Å²) in [6, 6.07) is 2.94. The molecular formula is C8H12N4O3S. The Bertz CT molecular complexity index is 486. The number of nitrogen functional groups attached to an aromatic ring is 1. The van der Waals surface area contributed by atoms with Crippen LogP contribution < -0.4 is 15.8 Å². The number of carbonyl (C=O) groups excluding carboxylic acids is 1. The first-order valence-corrected chi connectivity index (χ1v) is 5.86. The van der Waals surface area contributed by atoms with Crippen LogP contribution in [0.5, 0.6) is 0 Å². The van der Waals surface area contributed by atoms with E-state index in [4.69, 9.17) is 5.73 Å². The number of nitrogens with two attached hydrogens (primary N) is 1. The van der Waals surface area contributed by atoms with Crippen LogP contribution in [0, 0.1) is 0 Å². The molecule has 0 aliphatic heterocycles. The molecule has 0 spiro atoms. The second-order valence-corrected chi connectivity index (χ2v) is 4.58. The third-order valence-corrected chi connectivity index (χ3v) is 3.13. The summed E-state index contributed by atoms with van der Waals surface area (Å²) in [6.07, 6.45) is 1.31. The van der Waals surface area contributed by atoms with Gasteiger partial charge in [0.2, 0.25) is 5.91 Å². The third-order valence-electron chi connectivity index (χ3n) is 1.76. The van der Waals surface area contributed by atoms with Gasteiger partial charge in [0.25, 0.3) is 10.0 Å². The van der Waals surface area contributed by atoms with Gasteiger partial charge in [0.1, 0.15) is 0 Å². The second-order valence-electron chi connectivity index (χ2n) is 2.90. The molecule has 0 atom stereocenters. The average Bonchev–Trinajstić information content (AvgIpc) is 2.26. The molecule has 0 bridgehead atoms. The van der Waals surface area contributed by atoms with Gasteiger partial charge in [-0.3, -0.25) is 4.79 Å². The first-order valence-electron chi connectivity index (χ1n) is 4.38. The smallest absolute Gasteiger partial charge is 0.260 e. The van der Waals surface area contributed by atoms with Gasteiger partial charge in [0.15, 0.2) is 5.03 Å². The van der Waals surface area contributed by atoms with E-state index in [1.807, 2.05) is 0 Å². The molecule has 0 fully saturated rings. The number of amides is 1. The van der Waals surface area contributed by atoms with Gasteiger partial charge < -0.3 is 11.1 Å². The molecule has 1 aromatic heterocycles. The third kappa shape index (κ3) is 2.91. The normalized spacial score (nSPS) is 11.1. The molecule has 7 nitrogen and oxygen atoms in total. The van der Waals surface area contributed by atoms with Crippen LogP contribution in [0.4, 0.5) is 5.69 Å². The molecule has 1 heterocycles. The number of pyridine rings is 1. The zero-order chi connectivity index (χ0) is 12.2. The Balaban J connectivity index is 2.87. The molecule has 1 aromatic rings. The van der Waals surface area contributed by atoms with Crippen LogP contribution in [0.3, 0.4) is 0 Å². The molecule has 0 saturated heterocycles. The minimum absolute atomic E-state index is 0.0342. The number of sulfonamides is 1. The van der Waals surface area contributed by atoms with Gasteiger partial charge in [-0.1, -0.05) is 0 Å². The van der Waals surface area contributed by atoms with Crippen molar-refractivity contribution in [2.45, 2.75) is 5.03 Å². The molecule has 0 radical (unpaired) electrons. The highest BCUT2D eigenvalue weighted by Crippen LogP contribution is 2.12. The van der Waals surface area contributed by atoms with Crippen molar-refractivity contribution in [3.63, 3.8) is 0 Å². The van der Waals surface area contributed by atoms with Gasteiger partial charge in [-0.25, -0.2) is 18.1 Å². The number of hydrogen-bond acceptors (Lipinski definition) is 5. The molecule has 8 heteroatoms. The minimum atomic E-state index is -3.84. The summed E-state index contributed by atoms with van der Waals surface area (Å²) in [5, 5.41) is 2.01. The molecule has 0 unspecified atom stereocenters. The largest absolute Gasteiger partial charge is 0.396 e. The van der Waals surface area contributed by atoms with Crippen molar-refractivity contribution in [2.24, 2.45) is 0 Å². The van der Waals surface area contributed by atoms with Gasteiger partial charge in [-0.05, 0) is 12.1 Å².